The lowest BCUT2D eigenvalue weighted by Gasteiger charge is -2.13. The van der Waals surface area contributed by atoms with Gasteiger partial charge in [-0.1, -0.05) is 20.8 Å². The van der Waals surface area contributed by atoms with E-state index in [1.807, 2.05) is 0 Å². The van der Waals surface area contributed by atoms with Gasteiger partial charge in [-0.05, 0) is 18.4 Å². The van der Waals surface area contributed by atoms with Gasteiger partial charge >= 0.3 is 5.97 Å². The maximum Gasteiger partial charge on any atom is 0.310 e. The first-order valence-electron chi connectivity index (χ1n) is 6.06. The van der Waals surface area contributed by atoms with Crippen molar-refractivity contribution in [2.45, 2.75) is 20.8 Å². The van der Waals surface area contributed by atoms with Gasteiger partial charge < -0.3 is 14.8 Å². The minimum absolute atomic E-state index is 0.0186. The molecule has 0 aromatic heterocycles. The molecule has 0 saturated carbocycles. The molecule has 1 N–H and O–H groups in total. The minimum Gasteiger partial charge on any atom is -0.463 e. The first-order valence-corrected chi connectivity index (χ1v) is 6.06. The number of hydrogen-bond acceptors (Lipinski definition) is 4. The molecule has 0 radical (unpaired) electrons. The Morgan fingerprint density at radius 1 is 1.38 bits per heavy atom. The zero-order valence-corrected chi connectivity index (χ0v) is 10.5. The molecule has 0 aromatic rings. The first kappa shape index (κ1) is 13.5. The van der Waals surface area contributed by atoms with Gasteiger partial charge in [0.15, 0.2) is 0 Å². The zero-order chi connectivity index (χ0) is 12.0. The number of rotatable bonds is 6. The molecule has 1 fully saturated rings. The Morgan fingerprint density at radius 3 is 2.69 bits per heavy atom. The van der Waals surface area contributed by atoms with E-state index in [0.717, 1.165) is 19.7 Å². The van der Waals surface area contributed by atoms with Crippen LogP contribution in [-0.4, -0.2) is 38.9 Å². The molecule has 2 unspecified atom stereocenters. The van der Waals surface area contributed by atoms with E-state index in [1.54, 1.807) is 0 Å². The lowest BCUT2D eigenvalue weighted by atomic mass is 9.99. The molecular weight excluding hydrogens is 206 g/mol. The maximum atomic E-state index is 11.6. The molecule has 2 atom stereocenters. The smallest absolute Gasteiger partial charge is 0.310 e. The molecule has 0 amide bonds. The summed E-state index contributed by atoms with van der Waals surface area (Å²) in [6, 6.07) is 0. The molecule has 0 spiro atoms. The van der Waals surface area contributed by atoms with Gasteiger partial charge in [0.05, 0.1) is 12.5 Å². The van der Waals surface area contributed by atoms with Crippen molar-refractivity contribution in [3.8, 4) is 0 Å². The molecule has 1 heterocycles. The number of esters is 1. The molecule has 0 aromatic carbocycles. The molecule has 94 valence electrons. The molecule has 16 heavy (non-hydrogen) atoms. The van der Waals surface area contributed by atoms with E-state index in [9.17, 15) is 4.79 Å². The Bertz CT molecular complexity index is 218. The monoisotopic (exact) mass is 229 g/mol. The molecular formula is C12H23NO3. The van der Waals surface area contributed by atoms with Crippen LogP contribution < -0.4 is 5.32 Å². The summed E-state index contributed by atoms with van der Waals surface area (Å²) in [5.41, 5.74) is 0. The maximum absolute atomic E-state index is 11.6. The van der Waals surface area contributed by atoms with Gasteiger partial charge in [0.1, 0.15) is 6.61 Å². The van der Waals surface area contributed by atoms with Gasteiger partial charge in [-0.2, -0.15) is 0 Å². The number of carbonyl (C=O) groups excluding carboxylic acids is 1. The summed E-state index contributed by atoms with van der Waals surface area (Å²) in [6.45, 7) is 9.50. The van der Waals surface area contributed by atoms with Crippen LogP contribution in [0.25, 0.3) is 0 Å². The van der Waals surface area contributed by atoms with Crippen LogP contribution in [0.3, 0.4) is 0 Å². The highest BCUT2D eigenvalue weighted by atomic mass is 16.6. The fourth-order valence-electron chi connectivity index (χ4n) is 1.75. The molecule has 1 aliphatic rings. The predicted octanol–water partition coefficient (Wildman–Crippen LogP) is 1.06. The van der Waals surface area contributed by atoms with E-state index in [0.29, 0.717) is 25.0 Å². The van der Waals surface area contributed by atoms with E-state index in [4.69, 9.17) is 9.47 Å². The van der Waals surface area contributed by atoms with Crippen LogP contribution in [0, 0.1) is 17.8 Å². The fraction of sp³-hybridized carbons (Fsp3) is 0.917. The standard InChI is InChI=1S/C12H23NO3/c1-9(2)8-15-4-5-16-12(14)11-7-13-6-10(11)3/h9-11,13H,4-8H2,1-3H3. The first-order chi connectivity index (χ1) is 7.61. The highest BCUT2D eigenvalue weighted by molar-refractivity contribution is 5.73. The lowest BCUT2D eigenvalue weighted by molar-refractivity contribution is -0.150. The Labute approximate surface area is 97.7 Å². The van der Waals surface area contributed by atoms with Crippen molar-refractivity contribution in [2.24, 2.45) is 17.8 Å². The van der Waals surface area contributed by atoms with Gasteiger partial charge in [-0.15, -0.1) is 0 Å². The molecule has 4 nitrogen and oxygen atoms in total. The Hall–Kier alpha value is -0.610. The highest BCUT2D eigenvalue weighted by Crippen LogP contribution is 2.16. The molecule has 0 bridgehead atoms. The van der Waals surface area contributed by atoms with Crippen molar-refractivity contribution in [3.05, 3.63) is 0 Å². The van der Waals surface area contributed by atoms with Gasteiger partial charge in [0.25, 0.3) is 0 Å². The second-order valence-corrected chi connectivity index (χ2v) is 4.88. The summed E-state index contributed by atoms with van der Waals surface area (Å²) >= 11 is 0. The van der Waals surface area contributed by atoms with Crippen LogP contribution in [0.5, 0.6) is 0 Å². The van der Waals surface area contributed by atoms with E-state index in [-0.39, 0.29) is 11.9 Å². The molecule has 1 rings (SSSR count). The predicted molar refractivity (Wildman–Crippen MR) is 62.1 cm³/mol. The lowest BCUT2D eigenvalue weighted by Crippen LogP contribution is -2.25. The van der Waals surface area contributed by atoms with Crippen LogP contribution in [0.1, 0.15) is 20.8 Å². The van der Waals surface area contributed by atoms with Crippen LogP contribution in [0.15, 0.2) is 0 Å². The summed E-state index contributed by atoms with van der Waals surface area (Å²) in [7, 11) is 0. The van der Waals surface area contributed by atoms with Crippen LogP contribution in [0.4, 0.5) is 0 Å². The van der Waals surface area contributed by atoms with E-state index >= 15 is 0 Å². The van der Waals surface area contributed by atoms with Crippen LogP contribution in [0.2, 0.25) is 0 Å². The van der Waals surface area contributed by atoms with Gasteiger partial charge in [-0.25, -0.2) is 0 Å². The highest BCUT2D eigenvalue weighted by Gasteiger charge is 2.30. The summed E-state index contributed by atoms with van der Waals surface area (Å²) in [5, 5.41) is 3.19. The van der Waals surface area contributed by atoms with Crippen molar-refractivity contribution in [1.29, 1.82) is 0 Å². The molecule has 1 saturated heterocycles. The Kier molecular flexibility index (Phi) is 5.77. The average Bonchev–Trinajstić information content (AvgIpc) is 2.63. The van der Waals surface area contributed by atoms with Gasteiger partial charge in [0, 0.05) is 13.2 Å². The Morgan fingerprint density at radius 2 is 2.12 bits per heavy atom. The third-order valence-corrected chi connectivity index (χ3v) is 2.74. The quantitative estimate of drug-likeness (QED) is 0.546. The molecule has 1 aliphatic heterocycles. The summed E-state index contributed by atoms with van der Waals surface area (Å²) < 4.78 is 10.5. The normalized spacial score (nSPS) is 25.0. The van der Waals surface area contributed by atoms with Crippen molar-refractivity contribution >= 4 is 5.97 Å². The second kappa shape index (κ2) is 6.86. The summed E-state index contributed by atoms with van der Waals surface area (Å²) in [6.07, 6.45) is 0. The molecule has 4 heteroatoms. The fourth-order valence-corrected chi connectivity index (χ4v) is 1.75. The second-order valence-electron chi connectivity index (χ2n) is 4.88. The summed E-state index contributed by atoms with van der Waals surface area (Å²) in [5.74, 6) is 0.828. The van der Waals surface area contributed by atoms with Crippen LogP contribution >= 0.6 is 0 Å². The number of nitrogens with one attached hydrogen (secondary N) is 1. The third-order valence-electron chi connectivity index (χ3n) is 2.74. The SMILES string of the molecule is CC(C)COCCOC(=O)C1CNCC1C. The third kappa shape index (κ3) is 4.49. The van der Waals surface area contributed by atoms with E-state index in [1.165, 1.54) is 0 Å². The number of hydrogen-bond donors (Lipinski definition) is 1. The molecule has 0 aliphatic carbocycles. The zero-order valence-electron chi connectivity index (χ0n) is 10.5. The van der Waals surface area contributed by atoms with Gasteiger partial charge in [-0.3, -0.25) is 4.79 Å². The van der Waals surface area contributed by atoms with Crippen molar-refractivity contribution in [2.75, 3.05) is 32.9 Å². The largest absolute Gasteiger partial charge is 0.463 e. The number of ether oxygens (including phenoxy) is 2. The number of carbonyl (C=O) groups is 1. The average molecular weight is 229 g/mol. The van der Waals surface area contributed by atoms with Crippen molar-refractivity contribution < 1.29 is 14.3 Å². The summed E-state index contributed by atoms with van der Waals surface area (Å²) in [4.78, 5) is 11.6. The topological polar surface area (TPSA) is 47.6 Å². The Balaban J connectivity index is 2.06. The van der Waals surface area contributed by atoms with Gasteiger partial charge in [0.2, 0.25) is 0 Å². The van der Waals surface area contributed by atoms with Crippen LogP contribution in [-0.2, 0) is 14.3 Å². The van der Waals surface area contributed by atoms with E-state index in [2.05, 4.69) is 26.1 Å². The van der Waals surface area contributed by atoms with Crippen molar-refractivity contribution in [3.63, 3.8) is 0 Å². The van der Waals surface area contributed by atoms with E-state index < -0.39 is 0 Å². The minimum atomic E-state index is -0.0920. The van der Waals surface area contributed by atoms with Crippen molar-refractivity contribution in [1.82, 2.24) is 5.32 Å².